The summed E-state index contributed by atoms with van der Waals surface area (Å²) in [5.41, 5.74) is 0.833. The van der Waals surface area contributed by atoms with Crippen LogP contribution >= 0.6 is 0 Å². The van der Waals surface area contributed by atoms with Gasteiger partial charge in [-0.2, -0.15) is 0 Å². The van der Waals surface area contributed by atoms with Gasteiger partial charge in [0.2, 0.25) is 0 Å². The van der Waals surface area contributed by atoms with Gasteiger partial charge in [-0.3, -0.25) is 9.59 Å². The van der Waals surface area contributed by atoms with Crippen molar-refractivity contribution in [3.05, 3.63) is 33.7 Å². The first-order valence-electron chi connectivity index (χ1n) is 6.49. The maximum Gasteiger partial charge on any atom is 0.259 e. The van der Waals surface area contributed by atoms with Crippen molar-refractivity contribution >= 4 is 5.91 Å². The predicted molar refractivity (Wildman–Crippen MR) is 70.7 cm³/mol. The second-order valence-electron chi connectivity index (χ2n) is 5.38. The monoisotopic (exact) mass is 248 g/mol. The minimum atomic E-state index is -0.193. The van der Waals surface area contributed by atoms with Gasteiger partial charge in [-0.15, -0.1) is 0 Å². The van der Waals surface area contributed by atoms with E-state index >= 15 is 0 Å². The molecule has 1 fully saturated rings. The van der Waals surface area contributed by atoms with Crippen molar-refractivity contribution in [2.75, 3.05) is 6.54 Å². The Hall–Kier alpha value is -1.58. The average molecular weight is 248 g/mol. The quantitative estimate of drug-likeness (QED) is 0.825. The molecule has 98 valence electrons. The van der Waals surface area contributed by atoms with Gasteiger partial charge in [0.1, 0.15) is 5.56 Å². The highest BCUT2D eigenvalue weighted by atomic mass is 16.2. The Bertz CT molecular complexity index is 507. The van der Waals surface area contributed by atoms with Crippen LogP contribution < -0.4 is 5.43 Å². The number of pyridine rings is 1. The molecule has 0 bridgehead atoms. The van der Waals surface area contributed by atoms with Crippen molar-refractivity contribution in [3.8, 4) is 0 Å². The number of hydrogen-bond donors (Lipinski definition) is 1. The number of nitrogens with one attached hydrogen (secondary N) is 1. The van der Waals surface area contributed by atoms with Gasteiger partial charge in [-0.05, 0) is 32.6 Å². The number of nitrogens with zero attached hydrogens (tertiary/aromatic N) is 1. The molecular formula is C14H20N2O2. The first-order chi connectivity index (χ1) is 8.49. The van der Waals surface area contributed by atoms with Gasteiger partial charge in [-0.25, -0.2) is 0 Å². The van der Waals surface area contributed by atoms with Crippen molar-refractivity contribution in [3.63, 3.8) is 0 Å². The van der Waals surface area contributed by atoms with Gasteiger partial charge in [0.05, 0.1) is 0 Å². The van der Waals surface area contributed by atoms with Crippen LogP contribution in [0.1, 0.15) is 42.7 Å². The highest BCUT2D eigenvalue weighted by molar-refractivity contribution is 5.94. The Morgan fingerprint density at radius 3 is 2.78 bits per heavy atom. The number of carbonyl (C=O) groups is 1. The van der Waals surface area contributed by atoms with Gasteiger partial charge in [-0.1, -0.05) is 6.92 Å². The molecule has 2 unspecified atom stereocenters. The third-order valence-electron chi connectivity index (χ3n) is 3.67. The lowest BCUT2D eigenvalue weighted by Crippen LogP contribution is -2.46. The number of carbonyl (C=O) groups excluding carboxylic acids is 1. The smallest absolute Gasteiger partial charge is 0.259 e. The molecule has 2 heterocycles. The zero-order valence-electron chi connectivity index (χ0n) is 11.2. The Kier molecular flexibility index (Phi) is 3.55. The van der Waals surface area contributed by atoms with Crippen LogP contribution in [0, 0.1) is 12.8 Å². The third kappa shape index (κ3) is 2.47. The van der Waals surface area contributed by atoms with E-state index in [2.05, 4.69) is 11.9 Å². The fourth-order valence-electron chi connectivity index (χ4n) is 2.47. The van der Waals surface area contributed by atoms with E-state index < -0.39 is 0 Å². The van der Waals surface area contributed by atoms with E-state index in [0.29, 0.717) is 5.92 Å². The van der Waals surface area contributed by atoms with E-state index in [1.807, 2.05) is 11.8 Å². The lowest BCUT2D eigenvalue weighted by molar-refractivity contribution is 0.0572. The third-order valence-corrected chi connectivity index (χ3v) is 3.67. The molecule has 0 radical (unpaired) electrons. The van der Waals surface area contributed by atoms with Gasteiger partial charge in [0.15, 0.2) is 5.43 Å². The van der Waals surface area contributed by atoms with E-state index in [0.717, 1.165) is 25.1 Å². The molecule has 1 aliphatic heterocycles. The lowest BCUT2D eigenvalue weighted by atomic mass is 9.94. The molecular weight excluding hydrogens is 228 g/mol. The number of piperidine rings is 1. The van der Waals surface area contributed by atoms with Gasteiger partial charge in [0, 0.05) is 30.5 Å². The Labute approximate surface area is 107 Å². The summed E-state index contributed by atoms with van der Waals surface area (Å²) in [6, 6.07) is 1.69. The number of H-pyrrole nitrogens is 1. The maximum absolute atomic E-state index is 12.4. The number of rotatable bonds is 1. The van der Waals surface area contributed by atoms with E-state index in [1.165, 1.54) is 12.3 Å². The summed E-state index contributed by atoms with van der Waals surface area (Å²) in [5.74, 6) is 0.366. The Balaban J connectivity index is 2.27. The average Bonchev–Trinajstić information content (AvgIpc) is 2.31. The normalized spacial score (nSPS) is 24.1. The minimum Gasteiger partial charge on any atom is -0.364 e. The van der Waals surface area contributed by atoms with Crippen LogP contribution in [-0.2, 0) is 0 Å². The first kappa shape index (κ1) is 12.9. The highest BCUT2D eigenvalue weighted by Gasteiger charge is 2.28. The molecule has 1 amide bonds. The molecule has 4 nitrogen and oxygen atoms in total. The lowest BCUT2D eigenvalue weighted by Gasteiger charge is -2.36. The zero-order valence-corrected chi connectivity index (χ0v) is 11.2. The summed E-state index contributed by atoms with van der Waals surface area (Å²) < 4.78 is 0. The van der Waals surface area contributed by atoms with Crippen LogP contribution in [0.5, 0.6) is 0 Å². The largest absolute Gasteiger partial charge is 0.364 e. The van der Waals surface area contributed by atoms with Crippen molar-refractivity contribution in [1.82, 2.24) is 9.88 Å². The number of amides is 1. The standard InChI is InChI=1S/C14H20N2O2/c1-9-4-5-11(3)16(8-9)14(18)12-7-15-10(2)6-13(12)17/h6-7,9,11H,4-5,8H2,1-3H3,(H,15,17). The molecule has 0 aromatic carbocycles. The van der Waals surface area contributed by atoms with Crippen molar-refractivity contribution in [2.45, 2.75) is 39.7 Å². The topological polar surface area (TPSA) is 53.2 Å². The number of aryl methyl sites for hydroxylation is 1. The summed E-state index contributed by atoms with van der Waals surface area (Å²) in [5, 5.41) is 0. The SMILES string of the molecule is Cc1cc(=O)c(C(=O)N2CC(C)CCC2C)c[nH]1. The second kappa shape index (κ2) is 4.96. The molecule has 4 heteroatoms. The van der Waals surface area contributed by atoms with E-state index in [9.17, 15) is 9.59 Å². The molecule has 1 N–H and O–H groups in total. The highest BCUT2D eigenvalue weighted by Crippen LogP contribution is 2.22. The molecule has 1 aromatic rings. The van der Waals surface area contributed by atoms with Crippen molar-refractivity contribution in [1.29, 1.82) is 0 Å². The number of aromatic nitrogens is 1. The summed E-state index contributed by atoms with van der Waals surface area (Å²) in [6.07, 6.45) is 3.69. The summed E-state index contributed by atoms with van der Waals surface area (Å²) in [4.78, 5) is 29.0. The van der Waals surface area contributed by atoms with Gasteiger partial charge >= 0.3 is 0 Å². The molecule has 1 saturated heterocycles. The van der Waals surface area contributed by atoms with Crippen LogP contribution in [0.2, 0.25) is 0 Å². The van der Waals surface area contributed by atoms with Crippen LogP contribution in [0.15, 0.2) is 17.1 Å². The first-order valence-corrected chi connectivity index (χ1v) is 6.49. The summed E-state index contributed by atoms with van der Waals surface area (Å²) >= 11 is 0. The van der Waals surface area contributed by atoms with Crippen LogP contribution in [0.3, 0.4) is 0 Å². The second-order valence-corrected chi connectivity index (χ2v) is 5.38. The fraction of sp³-hybridized carbons (Fsp3) is 0.571. The number of aromatic amines is 1. The molecule has 0 aliphatic carbocycles. The van der Waals surface area contributed by atoms with Gasteiger partial charge in [0.25, 0.3) is 5.91 Å². The molecule has 2 rings (SSSR count). The molecule has 1 aromatic heterocycles. The Morgan fingerprint density at radius 2 is 2.11 bits per heavy atom. The van der Waals surface area contributed by atoms with Crippen molar-refractivity contribution < 1.29 is 4.79 Å². The molecule has 2 atom stereocenters. The Morgan fingerprint density at radius 1 is 1.39 bits per heavy atom. The molecule has 18 heavy (non-hydrogen) atoms. The molecule has 0 spiro atoms. The van der Waals surface area contributed by atoms with Crippen LogP contribution in [-0.4, -0.2) is 28.4 Å². The summed E-state index contributed by atoms with van der Waals surface area (Å²) in [6.45, 7) is 6.74. The number of likely N-dealkylation sites (tertiary alicyclic amines) is 1. The van der Waals surface area contributed by atoms with Gasteiger partial charge < -0.3 is 9.88 Å². The van der Waals surface area contributed by atoms with E-state index in [1.54, 1.807) is 6.92 Å². The zero-order chi connectivity index (χ0) is 13.3. The minimum absolute atomic E-state index is 0.143. The van der Waals surface area contributed by atoms with E-state index in [4.69, 9.17) is 0 Å². The van der Waals surface area contributed by atoms with Crippen LogP contribution in [0.25, 0.3) is 0 Å². The van der Waals surface area contributed by atoms with Crippen molar-refractivity contribution in [2.24, 2.45) is 5.92 Å². The maximum atomic E-state index is 12.4. The summed E-state index contributed by atoms with van der Waals surface area (Å²) in [7, 11) is 0. The predicted octanol–water partition coefficient (Wildman–Crippen LogP) is 1.94. The van der Waals surface area contributed by atoms with E-state index in [-0.39, 0.29) is 22.9 Å². The molecule has 1 aliphatic rings. The fourth-order valence-corrected chi connectivity index (χ4v) is 2.47. The number of hydrogen-bond acceptors (Lipinski definition) is 2. The van der Waals surface area contributed by atoms with Crippen LogP contribution in [0.4, 0.5) is 0 Å². The molecule has 0 saturated carbocycles.